The molecule has 28 heavy (non-hydrogen) atoms. The van der Waals surface area contributed by atoms with E-state index in [1.807, 2.05) is 0 Å². The molecule has 0 saturated carbocycles. The van der Waals surface area contributed by atoms with Crippen LogP contribution in [0.2, 0.25) is 0 Å². The van der Waals surface area contributed by atoms with Crippen LogP contribution in [0.4, 0.5) is 14.6 Å². The molecule has 11 heteroatoms. The number of alkyl halides is 2. The summed E-state index contributed by atoms with van der Waals surface area (Å²) in [7, 11) is 0. The molecule has 1 saturated heterocycles. The average Bonchev–Trinajstić information content (AvgIpc) is 2.77. The second-order valence-electron chi connectivity index (χ2n) is 6.37. The fraction of sp³-hybridized carbons (Fsp3) is 0.529. The molecule has 2 rings (SSSR count). The number of hydrogen-bond donors (Lipinski definition) is 1. The first-order valence-corrected chi connectivity index (χ1v) is 8.33. The van der Waals surface area contributed by atoms with Crippen molar-refractivity contribution in [3.63, 3.8) is 0 Å². The minimum absolute atomic E-state index is 0.0952. The van der Waals surface area contributed by atoms with Gasteiger partial charge in [-0.1, -0.05) is 6.58 Å². The first kappa shape index (κ1) is 21.5. The number of carbonyl (C=O) groups excluding carboxylic acids is 2. The van der Waals surface area contributed by atoms with Crippen LogP contribution in [0, 0.1) is 0 Å². The maximum Gasteiger partial charge on any atom is 0.351 e. The molecule has 0 aliphatic carbocycles. The summed E-state index contributed by atoms with van der Waals surface area (Å²) in [4.78, 5) is 38.1. The number of ether oxygens (including phenoxy) is 3. The number of nitrogens with one attached hydrogen (secondary N) is 1. The van der Waals surface area contributed by atoms with Crippen LogP contribution >= 0.6 is 0 Å². The fourth-order valence-electron chi connectivity index (χ4n) is 2.83. The molecule has 0 spiro atoms. The number of aromatic nitrogens is 2. The Morgan fingerprint density at radius 2 is 2.04 bits per heavy atom. The highest BCUT2D eigenvalue weighted by Gasteiger charge is 2.64. The summed E-state index contributed by atoms with van der Waals surface area (Å²) in [6.45, 7) is 8.71. The Kier molecular flexibility index (Phi) is 6.17. The normalized spacial score (nSPS) is 24.3. The smallest absolute Gasteiger partial charge is 0.351 e. The predicted octanol–water partition coefficient (Wildman–Crippen LogP) is 1.60. The Hall–Kier alpha value is -2.82. The van der Waals surface area contributed by atoms with E-state index in [0.29, 0.717) is 4.57 Å². The van der Waals surface area contributed by atoms with E-state index in [-0.39, 0.29) is 11.6 Å². The average molecular weight is 401 g/mol. The van der Waals surface area contributed by atoms with Gasteiger partial charge in [0.2, 0.25) is 12.1 Å². The maximum absolute atomic E-state index is 15.0. The van der Waals surface area contributed by atoms with Crippen molar-refractivity contribution in [1.29, 1.82) is 0 Å². The van der Waals surface area contributed by atoms with E-state index in [9.17, 15) is 14.4 Å². The summed E-state index contributed by atoms with van der Waals surface area (Å²) in [5.74, 6) is -5.02. The van der Waals surface area contributed by atoms with Gasteiger partial charge in [0, 0.05) is 20.0 Å². The van der Waals surface area contributed by atoms with Gasteiger partial charge in [-0.15, -0.1) is 0 Å². The van der Waals surface area contributed by atoms with Crippen molar-refractivity contribution in [3.8, 4) is 0 Å². The lowest BCUT2D eigenvalue weighted by atomic mass is 10.1. The highest BCUT2D eigenvalue weighted by molar-refractivity contribution is 5.87. The molecule has 154 valence electrons. The topological polar surface area (TPSA) is 109 Å². The summed E-state index contributed by atoms with van der Waals surface area (Å²) < 4.78 is 46.1. The Morgan fingerprint density at radius 1 is 1.39 bits per heavy atom. The maximum atomic E-state index is 15.0. The zero-order chi connectivity index (χ0) is 21.2. The molecular weight excluding hydrogens is 380 g/mol. The van der Waals surface area contributed by atoms with Crippen molar-refractivity contribution in [3.05, 3.63) is 35.1 Å². The van der Waals surface area contributed by atoms with Gasteiger partial charge in [0.05, 0.1) is 5.76 Å². The number of nitrogens with zero attached hydrogens (tertiary/aromatic N) is 2. The molecule has 1 N–H and O–H groups in total. The molecule has 9 nitrogen and oxygen atoms in total. The van der Waals surface area contributed by atoms with Crippen LogP contribution in [-0.4, -0.2) is 45.7 Å². The molecule has 0 radical (unpaired) electrons. The highest BCUT2D eigenvalue weighted by atomic mass is 19.3. The molecular formula is C17H21F2N3O6. The van der Waals surface area contributed by atoms with Crippen LogP contribution in [0.15, 0.2) is 29.4 Å². The quantitative estimate of drug-likeness (QED) is 0.570. The van der Waals surface area contributed by atoms with Gasteiger partial charge in [-0.3, -0.25) is 14.2 Å². The molecule has 0 bridgehead atoms. The molecule has 0 aromatic carbocycles. The van der Waals surface area contributed by atoms with E-state index < -0.39 is 48.0 Å². The van der Waals surface area contributed by atoms with Crippen molar-refractivity contribution in [1.82, 2.24) is 9.55 Å². The van der Waals surface area contributed by atoms with Crippen LogP contribution in [0.5, 0.6) is 0 Å². The zero-order valence-electron chi connectivity index (χ0n) is 15.8. The number of halogens is 2. The molecule has 4 atom stereocenters. The lowest BCUT2D eigenvalue weighted by Crippen LogP contribution is -2.46. The van der Waals surface area contributed by atoms with E-state index in [1.54, 1.807) is 0 Å². The summed E-state index contributed by atoms with van der Waals surface area (Å²) in [6.07, 6.45) is -5.39. The number of rotatable bonds is 6. The van der Waals surface area contributed by atoms with Crippen molar-refractivity contribution in [2.45, 2.75) is 58.2 Å². The molecule has 1 aliphatic heterocycles. The van der Waals surface area contributed by atoms with Crippen LogP contribution in [-0.2, 0) is 23.8 Å². The number of hydrogen-bond acceptors (Lipinski definition) is 7. The van der Waals surface area contributed by atoms with Gasteiger partial charge in [-0.2, -0.15) is 13.8 Å². The monoisotopic (exact) mass is 401 g/mol. The second-order valence-corrected chi connectivity index (χ2v) is 6.37. The predicted molar refractivity (Wildman–Crippen MR) is 92.6 cm³/mol. The lowest BCUT2D eigenvalue weighted by molar-refractivity contribution is -0.175. The van der Waals surface area contributed by atoms with Gasteiger partial charge in [0.15, 0.2) is 6.10 Å². The van der Waals surface area contributed by atoms with Gasteiger partial charge < -0.3 is 19.5 Å². The van der Waals surface area contributed by atoms with E-state index in [2.05, 4.69) is 16.9 Å². The summed E-state index contributed by atoms with van der Waals surface area (Å²) in [5.41, 5.74) is -1.08. The van der Waals surface area contributed by atoms with Crippen molar-refractivity contribution < 1.29 is 32.6 Å². The molecule has 1 fully saturated rings. The van der Waals surface area contributed by atoms with E-state index in [1.165, 1.54) is 26.8 Å². The van der Waals surface area contributed by atoms with Crippen LogP contribution in [0.3, 0.4) is 0 Å². The third-order valence-electron chi connectivity index (χ3n) is 3.82. The lowest BCUT2D eigenvalue weighted by Gasteiger charge is -2.26. The third-order valence-corrected chi connectivity index (χ3v) is 3.82. The molecule has 1 aromatic rings. The number of allylic oxidation sites excluding steroid dienone is 1. The van der Waals surface area contributed by atoms with Crippen molar-refractivity contribution >= 4 is 17.7 Å². The van der Waals surface area contributed by atoms with Gasteiger partial charge in [-0.25, -0.2) is 4.79 Å². The van der Waals surface area contributed by atoms with Crippen molar-refractivity contribution in [2.24, 2.45) is 0 Å². The second kappa shape index (κ2) is 8.05. The van der Waals surface area contributed by atoms with Gasteiger partial charge in [0.1, 0.15) is 18.0 Å². The summed E-state index contributed by atoms with van der Waals surface area (Å²) >= 11 is 0. The first-order chi connectivity index (χ1) is 12.9. The Labute approximate surface area is 159 Å². The van der Waals surface area contributed by atoms with E-state index in [4.69, 9.17) is 14.2 Å². The molecule has 1 amide bonds. The number of esters is 1. The van der Waals surface area contributed by atoms with Crippen LogP contribution < -0.4 is 11.0 Å². The minimum atomic E-state index is -3.76. The number of carbonyl (C=O) groups is 2. The van der Waals surface area contributed by atoms with Crippen LogP contribution in [0.1, 0.15) is 33.9 Å². The van der Waals surface area contributed by atoms with E-state index in [0.717, 1.165) is 13.1 Å². The molecule has 2 heterocycles. The highest BCUT2D eigenvalue weighted by Crippen LogP contribution is 2.45. The van der Waals surface area contributed by atoms with Gasteiger partial charge in [0.25, 0.3) is 0 Å². The first-order valence-electron chi connectivity index (χ1n) is 8.33. The molecule has 0 unspecified atom stereocenters. The Balaban J connectivity index is 2.41. The Bertz CT molecular complexity index is 840. The number of amides is 1. The summed E-state index contributed by atoms with van der Waals surface area (Å²) in [6, 6.07) is 1.17. The largest absolute Gasteiger partial charge is 0.493 e. The zero-order valence-corrected chi connectivity index (χ0v) is 15.8. The van der Waals surface area contributed by atoms with Crippen LogP contribution in [0.25, 0.3) is 0 Å². The summed E-state index contributed by atoms with van der Waals surface area (Å²) in [5, 5.41) is 2.28. The third kappa shape index (κ3) is 4.53. The van der Waals surface area contributed by atoms with E-state index >= 15 is 8.78 Å². The van der Waals surface area contributed by atoms with Gasteiger partial charge >= 0.3 is 17.6 Å². The SMILES string of the molecule is C=C(C)O[C@@H](C)[C@H]1O[C@@H](n2ccc(NC(C)=O)nc2=O)C(F)(F)[C@@H]1OC(C)=O. The Morgan fingerprint density at radius 3 is 2.54 bits per heavy atom. The molecule has 1 aromatic heterocycles. The minimum Gasteiger partial charge on any atom is -0.493 e. The molecule has 1 aliphatic rings. The number of anilines is 1. The van der Waals surface area contributed by atoms with Crippen molar-refractivity contribution in [2.75, 3.05) is 5.32 Å². The standard InChI is InChI=1S/C17H21F2N3O6/c1-8(2)26-9(3)13-14(27-11(5)24)17(18,19)15(28-13)22-7-6-12(20-10(4)23)21-16(22)25/h6-7,9,13-15H,1H2,2-5H3,(H,20,21,23,25)/t9-,13+,14+,15+/m0/s1. The van der Waals surface area contributed by atoms with Gasteiger partial charge in [-0.05, 0) is 19.9 Å². The fourth-order valence-corrected chi connectivity index (χ4v) is 2.83.